The van der Waals surface area contributed by atoms with Crippen LogP contribution in [0.4, 0.5) is 11.5 Å². The Balaban J connectivity index is 0.00000210. The molecule has 1 aromatic carbocycles. The molecule has 136 valence electrons. The number of aliphatic hydroxyl groups excluding tert-OH is 2. The molecule has 0 amide bonds. The van der Waals surface area contributed by atoms with Crippen molar-refractivity contribution in [2.45, 2.75) is 24.5 Å². The smallest absolute Gasteiger partial charge is 0.868 e. The molecular formula is C14H13N6NaO6. The summed E-state index contributed by atoms with van der Waals surface area (Å²) >= 11 is 0. The van der Waals surface area contributed by atoms with Gasteiger partial charge < -0.3 is 31.1 Å². The van der Waals surface area contributed by atoms with Crippen molar-refractivity contribution >= 4 is 22.7 Å². The second kappa shape index (κ2) is 7.14. The van der Waals surface area contributed by atoms with Gasteiger partial charge in [-0.3, -0.25) is 14.2 Å². The first-order chi connectivity index (χ1) is 12.4. The van der Waals surface area contributed by atoms with Crippen LogP contribution >= 0.6 is 0 Å². The molecule has 0 aliphatic carbocycles. The SMILES string of the molecule is Nc1ncnc2c1ncn2[C@@H]1O[C@H](CNc2c([O-])c(=O)c2=O)[C@@H](O)[C@H]1O.[Na+]. The van der Waals surface area contributed by atoms with Crippen molar-refractivity contribution in [1.82, 2.24) is 19.5 Å². The van der Waals surface area contributed by atoms with E-state index in [1.807, 2.05) is 0 Å². The number of aliphatic hydroxyl groups is 2. The molecule has 0 radical (unpaired) electrons. The van der Waals surface area contributed by atoms with Crippen molar-refractivity contribution in [2.24, 2.45) is 0 Å². The monoisotopic (exact) mass is 384 g/mol. The summed E-state index contributed by atoms with van der Waals surface area (Å²) < 4.78 is 7.03. The average Bonchev–Trinajstić information content (AvgIpc) is 3.18. The number of aromatic nitrogens is 4. The number of ether oxygens (including phenoxy) is 1. The van der Waals surface area contributed by atoms with Gasteiger partial charge in [-0.2, -0.15) is 0 Å². The van der Waals surface area contributed by atoms with E-state index >= 15 is 0 Å². The van der Waals surface area contributed by atoms with E-state index in [0.29, 0.717) is 11.2 Å². The predicted molar refractivity (Wildman–Crippen MR) is 84.9 cm³/mol. The number of hydrogen-bond acceptors (Lipinski definition) is 11. The number of nitrogens with zero attached hydrogens (tertiary/aromatic N) is 4. The molecule has 13 heteroatoms. The fourth-order valence-corrected chi connectivity index (χ4v) is 2.92. The minimum atomic E-state index is -1.32. The number of rotatable bonds is 4. The van der Waals surface area contributed by atoms with Gasteiger partial charge in [0.25, 0.3) is 0 Å². The fourth-order valence-electron chi connectivity index (χ4n) is 2.92. The Kier molecular flexibility index (Phi) is 5.20. The van der Waals surface area contributed by atoms with Crippen LogP contribution in [0.2, 0.25) is 0 Å². The van der Waals surface area contributed by atoms with Crippen LogP contribution in [-0.2, 0) is 4.74 Å². The van der Waals surface area contributed by atoms with Gasteiger partial charge in [0, 0.05) is 6.54 Å². The molecule has 4 atom stereocenters. The quantitative estimate of drug-likeness (QED) is 0.247. The molecule has 0 saturated carbocycles. The molecule has 1 saturated heterocycles. The van der Waals surface area contributed by atoms with Crippen LogP contribution in [0.15, 0.2) is 22.2 Å². The number of nitrogens with two attached hydrogens (primary N) is 1. The molecule has 3 heterocycles. The Morgan fingerprint density at radius 1 is 1.22 bits per heavy atom. The Morgan fingerprint density at radius 3 is 2.67 bits per heavy atom. The zero-order valence-corrected chi connectivity index (χ0v) is 16.1. The third-order valence-corrected chi connectivity index (χ3v) is 4.35. The van der Waals surface area contributed by atoms with Crippen molar-refractivity contribution in [3.63, 3.8) is 0 Å². The van der Waals surface area contributed by atoms with E-state index in [1.165, 1.54) is 17.2 Å². The number of fused-ring (bicyclic) bond motifs is 1. The summed E-state index contributed by atoms with van der Waals surface area (Å²) in [7, 11) is 0. The first kappa shape index (κ1) is 19.7. The van der Waals surface area contributed by atoms with Crippen molar-refractivity contribution in [3.8, 4) is 5.75 Å². The molecule has 4 rings (SSSR count). The number of imidazole rings is 1. The van der Waals surface area contributed by atoms with Gasteiger partial charge in [0.2, 0.25) is 10.9 Å². The fraction of sp³-hybridized carbons (Fsp3) is 0.357. The van der Waals surface area contributed by atoms with E-state index in [4.69, 9.17) is 10.5 Å². The van der Waals surface area contributed by atoms with Crippen molar-refractivity contribution < 1.29 is 49.6 Å². The van der Waals surface area contributed by atoms with E-state index in [0.717, 1.165) is 0 Å². The van der Waals surface area contributed by atoms with Gasteiger partial charge in [-0.05, 0) is 5.75 Å². The number of nitrogen functional groups attached to an aromatic ring is 1. The topological polar surface area (TPSA) is 189 Å². The average molecular weight is 384 g/mol. The maximum Gasteiger partial charge on any atom is 1.00 e. The van der Waals surface area contributed by atoms with Gasteiger partial charge in [0.1, 0.15) is 30.2 Å². The first-order valence-electron chi connectivity index (χ1n) is 7.59. The van der Waals surface area contributed by atoms with Gasteiger partial charge in [-0.25, -0.2) is 15.0 Å². The second-order valence-electron chi connectivity index (χ2n) is 5.87. The molecule has 0 bridgehead atoms. The van der Waals surface area contributed by atoms with E-state index in [1.54, 1.807) is 0 Å². The maximum atomic E-state index is 11.3. The van der Waals surface area contributed by atoms with Crippen molar-refractivity contribution in [1.29, 1.82) is 0 Å². The Bertz CT molecular complexity index is 1060. The summed E-state index contributed by atoms with van der Waals surface area (Å²) in [4.78, 5) is 34.1. The van der Waals surface area contributed by atoms with Crippen LogP contribution in [-0.4, -0.2) is 54.6 Å². The second-order valence-corrected chi connectivity index (χ2v) is 5.87. The van der Waals surface area contributed by atoms with E-state index < -0.39 is 41.1 Å². The van der Waals surface area contributed by atoms with Crippen molar-refractivity contribution in [3.05, 3.63) is 33.1 Å². The molecule has 12 nitrogen and oxygen atoms in total. The zero-order valence-electron chi connectivity index (χ0n) is 14.1. The molecule has 3 aromatic rings. The summed E-state index contributed by atoms with van der Waals surface area (Å²) in [5.74, 6) is -0.754. The molecule has 0 spiro atoms. The summed E-state index contributed by atoms with van der Waals surface area (Å²) in [6, 6.07) is 0. The third-order valence-electron chi connectivity index (χ3n) is 4.35. The minimum absolute atomic E-state index is 0. The van der Waals surface area contributed by atoms with Crippen LogP contribution in [0.1, 0.15) is 6.23 Å². The number of anilines is 2. The van der Waals surface area contributed by atoms with Crippen LogP contribution in [0.25, 0.3) is 11.2 Å². The number of hydrogen-bond donors (Lipinski definition) is 4. The molecule has 1 aliphatic rings. The van der Waals surface area contributed by atoms with Gasteiger partial charge in [-0.15, -0.1) is 0 Å². The summed E-state index contributed by atoms with van der Waals surface area (Å²) in [6.45, 7) is -0.154. The van der Waals surface area contributed by atoms with Gasteiger partial charge in [0.15, 0.2) is 17.7 Å². The van der Waals surface area contributed by atoms with E-state index in [9.17, 15) is 24.9 Å². The van der Waals surface area contributed by atoms with Crippen molar-refractivity contribution in [2.75, 3.05) is 17.6 Å². The summed E-state index contributed by atoms with van der Waals surface area (Å²) in [5.41, 5.74) is 4.00. The van der Waals surface area contributed by atoms with Crippen LogP contribution in [0, 0.1) is 0 Å². The van der Waals surface area contributed by atoms with Gasteiger partial charge >= 0.3 is 29.6 Å². The van der Waals surface area contributed by atoms with Crippen LogP contribution in [0.3, 0.4) is 0 Å². The standard InChI is InChI=1S/C14H14N6O6.Na/c15-12-6-13(18-2-17-12)20(3-19-6)14-11(25)7(21)4(26-14)1-16-5-8(22)10(24)9(5)23;/h2-4,7,11,14,16,21-22,25H,1H2,(H2,15,17,18);/q;+1/p-1/t4-,7-,11-,14-;/m1./s1. The largest absolute Gasteiger partial charge is 1.00 e. The maximum absolute atomic E-state index is 11.3. The Morgan fingerprint density at radius 2 is 1.96 bits per heavy atom. The van der Waals surface area contributed by atoms with Gasteiger partial charge in [-0.1, -0.05) is 0 Å². The molecule has 1 fully saturated rings. The normalized spacial score (nSPS) is 25.0. The Hall–Kier alpha value is -2.09. The third kappa shape index (κ3) is 2.99. The van der Waals surface area contributed by atoms with Crippen LogP contribution < -0.4 is 56.6 Å². The molecule has 0 unspecified atom stereocenters. The van der Waals surface area contributed by atoms with E-state index in [2.05, 4.69) is 20.3 Å². The van der Waals surface area contributed by atoms with E-state index in [-0.39, 0.29) is 47.6 Å². The number of nitrogens with one attached hydrogen (secondary N) is 1. The molecule has 1 aliphatic heterocycles. The molecular weight excluding hydrogens is 371 g/mol. The minimum Gasteiger partial charge on any atom is -0.868 e. The first-order valence-corrected chi connectivity index (χ1v) is 7.59. The summed E-state index contributed by atoms with van der Waals surface area (Å²) in [5, 5.41) is 34.3. The summed E-state index contributed by atoms with van der Waals surface area (Å²) in [6.07, 6.45) is -2.03. The van der Waals surface area contributed by atoms with Gasteiger partial charge in [0.05, 0.1) is 12.0 Å². The van der Waals surface area contributed by atoms with Crippen LogP contribution in [0.5, 0.6) is 5.75 Å². The molecule has 27 heavy (non-hydrogen) atoms. The zero-order chi connectivity index (χ0) is 18.6. The Labute approximate surface area is 172 Å². The molecule has 5 N–H and O–H groups in total. The predicted octanol–water partition coefficient (Wildman–Crippen LogP) is -6.19. The molecule has 2 aromatic heterocycles.